The fourth-order valence-electron chi connectivity index (χ4n) is 3.59. The average Bonchev–Trinajstić information content (AvgIpc) is 2.77. The third kappa shape index (κ3) is 6.45. The minimum Gasteiger partial charge on any atom is -0.495 e. The van der Waals surface area contributed by atoms with Crippen LogP contribution >= 0.6 is 12.4 Å². The zero-order valence-corrected chi connectivity index (χ0v) is 19.1. The fraction of sp³-hybridized carbons (Fsp3) is 0.455. The van der Waals surface area contributed by atoms with Crippen molar-refractivity contribution in [3.05, 3.63) is 47.9 Å². The van der Waals surface area contributed by atoms with E-state index in [0.717, 1.165) is 51.4 Å². The maximum absolute atomic E-state index is 13.7. The lowest BCUT2D eigenvalue weighted by molar-refractivity contribution is 0.0828. The van der Waals surface area contributed by atoms with Crippen molar-refractivity contribution in [2.24, 2.45) is 0 Å². The summed E-state index contributed by atoms with van der Waals surface area (Å²) in [5.74, 6) is 1.02. The molecule has 1 amide bonds. The zero-order chi connectivity index (χ0) is 21.5. The summed E-state index contributed by atoms with van der Waals surface area (Å²) in [7, 11) is 5.08. The van der Waals surface area contributed by atoms with Crippen LogP contribution in [0.3, 0.4) is 0 Å². The highest BCUT2D eigenvalue weighted by atomic mass is 35.5. The monoisotopic (exact) mass is 451 g/mol. The molecule has 1 aliphatic heterocycles. The molecule has 9 heteroatoms. The Morgan fingerprint density at radius 2 is 1.97 bits per heavy atom. The maximum Gasteiger partial charge on any atom is 0.257 e. The molecule has 1 fully saturated rings. The molecule has 1 saturated heterocycles. The van der Waals surface area contributed by atoms with E-state index in [1.807, 2.05) is 0 Å². The predicted molar refractivity (Wildman–Crippen MR) is 124 cm³/mol. The quantitative estimate of drug-likeness (QED) is 0.623. The Morgan fingerprint density at radius 1 is 1.23 bits per heavy atom. The smallest absolute Gasteiger partial charge is 0.257 e. The molecular formula is C22H31ClFN5O2. The van der Waals surface area contributed by atoms with E-state index in [2.05, 4.69) is 20.1 Å². The number of pyridine rings is 1. The number of halogens is 2. The lowest BCUT2D eigenvalue weighted by atomic mass is 10.2. The fourth-order valence-corrected chi connectivity index (χ4v) is 3.59. The Hall–Kier alpha value is -2.58. The van der Waals surface area contributed by atoms with E-state index in [1.165, 1.54) is 12.1 Å². The van der Waals surface area contributed by atoms with Crippen LogP contribution in [0, 0.1) is 5.82 Å². The number of aromatic nitrogens is 1. The normalized spacial score (nSPS) is 14.0. The summed E-state index contributed by atoms with van der Waals surface area (Å²) in [5, 5.41) is 3.29. The van der Waals surface area contributed by atoms with E-state index in [9.17, 15) is 9.18 Å². The van der Waals surface area contributed by atoms with Gasteiger partial charge >= 0.3 is 0 Å². The van der Waals surface area contributed by atoms with Gasteiger partial charge in [0.25, 0.3) is 5.91 Å². The van der Waals surface area contributed by atoms with Gasteiger partial charge in [0, 0.05) is 59.1 Å². The number of ether oxygens (including phenoxy) is 1. The molecule has 0 bridgehead atoms. The van der Waals surface area contributed by atoms with Gasteiger partial charge in [0.1, 0.15) is 17.4 Å². The number of carbonyl (C=O) groups is 1. The molecule has 1 N–H and O–H groups in total. The molecule has 31 heavy (non-hydrogen) atoms. The molecule has 0 spiro atoms. The summed E-state index contributed by atoms with van der Waals surface area (Å²) in [6.45, 7) is 5.17. The first-order valence-electron chi connectivity index (χ1n) is 10.2. The number of nitrogens with one attached hydrogen (secondary N) is 1. The van der Waals surface area contributed by atoms with E-state index in [0.29, 0.717) is 17.1 Å². The van der Waals surface area contributed by atoms with Crippen LogP contribution in [-0.2, 0) is 0 Å². The van der Waals surface area contributed by atoms with E-state index in [1.54, 1.807) is 50.5 Å². The van der Waals surface area contributed by atoms with Crippen molar-refractivity contribution in [2.75, 3.05) is 70.7 Å². The number of methoxy groups -OCH3 is 1. The average molecular weight is 452 g/mol. The van der Waals surface area contributed by atoms with Crippen molar-refractivity contribution in [2.45, 2.75) is 6.42 Å². The van der Waals surface area contributed by atoms with Gasteiger partial charge in [-0.3, -0.25) is 9.69 Å². The second-order valence-electron chi connectivity index (χ2n) is 7.52. The highest BCUT2D eigenvalue weighted by Gasteiger charge is 2.20. The second kappa shape index (κ2) is 11.7. The zero-order valence-electron chi connectivity index (χ0n) is 18.3. The lowest BCUT2D eigenvalue weighted by Gasteiger charge is -2.36. The number of nitrogens with zero attached hydrogens (tertiary/aromatic N) is 4. The molecule has 2 aromatic rings. The van der Waals surface area contributed by atoms with Gasteiger partial charge < -0.3 is 19.9 Å². The number of rotatable bonds is 8. The van der Waals surface area contributed by atoms with Crippen LogP contribution in [0.5, 0.6) is 5.75 Å². The standard InChI is InChI=1S/C22H30FN5O2.ClH/c1-26(2)22(29)18-6-4-9-24-21(18)25-10-5-11-27-12-14-28(15-13-27)19-16-17(23)7-8-20(19)30-3;/h4,6-9,16H,5,10-15H2,1-3H3,(H,24,25);1H. The van der Waals surface area contributed by atoms with Gasteiger partial charge in [0.15, 0.2) is 0 Å². The highest BCUT2D eigenvalue weighted by molar-refractivity contribution is 5.98. The first kappa shape index (κ1) is 24.7. The van der Waals surface area contributed by atoms with Crippen LogP contribution in [0.25, 0.3) is 0 Å². The highest BCUT2D eigenvalue weighted by Crippen LogP contribution is 2.29. The summed E-state index contributed by atoms with van der Waals surface area (Å²) in [5.41, 5.74) is 1.40. The Morgan fingerprint density at radius 3 is 2.65 bits per heavy atom. The molecule has 0 aliphatic carbocycles. The van der Waals surface area contributed by atoms with E-state index in [4.69, 9.17) is 4.74 Å². The van der Waals surface area contributed by atoms with Gasteiger partial charge in [0.05, 0.1) is 18.4 Å². The first-order chi connectivity index (χ1) is 14.5. The molecule has 1 aromatic heterocycles. The number of hydrogen-bond acceptors (Lipinski definition) is 6. The minimum atomic E-state index is -0.249. The van der Waals surface area contributed by atoms with Crippen molar-refractivity contribution in [3.63, 3.8) is 0 Å². The van der Waals surface area contributed by atoms with Gasteiger partial charge in [-0.05, 0) is 37.2 Å². The molecule has 170 valence electrons. The van der Waals surface area contributed by atoms with Crippen molar-refractivity contribution in [1.82, 2.24) is 14.8 Å². The largest absolute Gasteiger partial charge is 0.495 e. The molecule has 0 unspecified atom stereocenters. The number of hydrogen-bond donors (Lipinski definition) is 1. The summed E-state index contributed by atoms with van der Waals surface area (Å²) in [6.07, 6.45) is 2.63. The van der Waals surface area contributed by atoms with Crippen molar-refractivity contribution < 1.29 is 13.9 Å². The minimum absolute atomic E-state index is 0. The molecular weight excluding hydrogens is 421 g/mol. The number of amides is 1. The number of benzene rings is 1. The van der Waals surface area contributed by atoms with Crippen LogP contribution < -0.4 is 15.0 Å². The van der Waals surface area contributed by atoms with E-state index < -0.39 is 0 Å². The van der Waals surface area contributed by atoms with Crippen LogP contribution in [-0.4, -0.2) is 81.2 Å². The molecule has 0 atom stereocenters. The van der Waals surface area contributed by atoms with Gasteiger partial charge in [-0.25, -0.2) is 9.37 Å². The topological polar surface area (TPSA) is 60.9 Å². The molecule has 0 radical (unpaired) electrons. The lowest BCUT2D eigenvalue weighted by Crippen LogP contribution is -2.47. The summed E-state index contributed by atoms with van der Waals surface area (Å²) >= 11 is 0. The van der Waals surface area contributed by atoms with E-state index in [-0.39, 0.29) is 24.1 Å². The number of anilines is 2. The molecule has 3 rings (SSSR count). The summed E-state index contributed by atoms with van der Waals surface area (Å²) in [6, 6.07) is 8.20. The van der Waals surface area contributed by atoms with Crippen LogP contribution in [0.15, 0.2) is 36.5 Å². The van der Waals surface area contributed by atoms with Gasteiger partial charge in [-0.15, -0.1) is 12.4 Å². The van der Waals surface area contributed by atoms with Gasteiger partial charge in [-0.2, -0.15) is 0 Å². The van der Waals surface area contributed by atoms with Crippen molar-refractivity contribution in [3.8, 4) is 5.75 Å². The number of carbonyl (C=O) groups excluding carboxylic acids is 1. The van der Waals surface area contributed by atoms with Gasteiger partial charge in [-0.1, -0.05) is 0 Å². The Bertz CT molecular complexity index is 860. The molecule has 0 saturated carbocycles. The van der Waals surface area contributed by atoms with E-state index >= 15 is 0 Å². The Balaban J connectivity index is 0.00000341. The Labute approximate surface area is 189 Å². The van der Waals surface area contributed by atoms with Gasteiger partial charge in [0.2, 0.25) is 0 Å². The second-order valence-corrected chi connectivity index (χ2v) is 7.52. The molecule has 2 heterocycles. The van der Waals surface area contributed by atoms with Crippen molar-refractivity contribution >= 4 is 29.8 Å². The molecule has 7 nitrogen and oxygen atoms in total. The summed E-state index contributed by atoms with van der Waals surface area (Å²) in [4.78, 5) is 22.7. The number of piperazine rings is 1. The van der Waals surface area contributed by atoms with Crippen LogP contribution in [0.4, 0.5) is 15.9 Å². The van der Waals surface area contributed by atoms with Crippen molar-refractivity contribution in [1.29, 1.82) is 0 Å². The SMILES string of the molecule is COc1ccc(F)cc1N1CCN(CCCNc2ncccc2C(=O)N(C)C)CC1.Cl. The molecule has 1 aromatic carbocycles. The third-order valence-corrected chi connectivity index (χ3v) is 5.24. The molecule has 1 aliphatic rings. The first-order valence-corrected chi connectivity index (χ1v) is 10.2. The predicted octanol–water partition coefficient (Wildman–Crippen LogP) is 2.98. The van der Waals surface area contributed by atoms with Crippen LogP contribution in [0.1, 0.15) is 16.8 Å². The maximum atomic E-state index is 13.7. The third-order valence-electron chi connectivity index (χ3n) is 5.24. The Kier molecular flexibility index (Phi) is 9.33. The summed E-state index contributed by atoms with van der Waals surface area (Å²) < 4.78 is 19.0. The van der Waals surface area contributed by atoms with Crippen LogP contribution in [0.2, 0.25) is 0 Å².